The van der Waals surface area contributed by atoms with Crippen molar-refractivity contribution in [1.29, 1.82) is 0 Å². The second-order valence-corrected chi connectivity index (χ2v) is 6.64. The molecule has 1 N–H and O–H groups in total. The van der Waals surface area contributed by atoms with E-state index in [1.165, 1.54) is 18.5 Å². The van der Waals surface area contributed by atoms with E-state index in [1.807, 2.05) is 46.3 Å². The molecular weight excluding hydrogens is 288 g/mol. The van der Waals surface area contributed by atoms with E-state index in [2.05, 4.69) is 19.8 Å². The summed E-state index contributed by atoms with van der Waals surface area (Å²) in [6.45, 7) is 2.82. The smallest absolute Gasteiger partial charge is 0.258 e. The molecule has 1 aliphatic carbocycles. The molecule has 0 unspecified atom stereocenters. The molecule has 2 aromatic heterocycles. The summed E-state index contributed by atoms with van der Waals surface area (Å²) in [4.78, 5) is 19.0. The maximum Gasteiger partial charge on any atom is 0.258 e. The number of pyridine rings is 1. The zero-order valence-electron chi connectivity index (χ0n) is 14.3. The lowest BCUT2D eigenvalue weighted by Crippen LogP contribution is -2.15. The average Bonchev–Trinajstić information content (AvgIpc) is 3.27. The van der Waals surface area contributed by atoms with Gasteiger partial charge in [-0.15, -0.1) is 0 Å². The quantitative estimate of drug-likeness (QED) is 0.923. The van der Waals surface area contributed by atoms with E-state index in [4.69, 9.17) is 0 Å². The van der Waals surface area contributed by atoms with Crippen LogP contribution in [0.4, 0.5) is 5.82 Å². The highest BCUT2D eigenvalue weighted by Gasteiger charge is 2.28. The second-order valence-electron chi connectivity index (χ2n) is 6.64. The molecule has 0 aromatic carbocycles. The van der Waals surface area contributed by atoms with Crippen LogP contribution in [-0.2, 0) is 13.6 Å². The number of carbonyl (C=O) groups is 1. The molecule has 1 saturated carbocycles. The molecule has 5 heteroatoms. The Hall–Kier alpha value is -2.14. The highest BCUT2D eigenvalue weighted by molar-refractivity contribution is 6.04. The molecule has 0 bridgehead atoms. The number of hydrogen-bond acceptors (Lipinski definition) is 3. The third kappa shape index (κ3) is 3.45. The number of anilines is 1. The molecule has 0 aliphatic heterocycles. The van der Waals surface area contributed by atoms with Crippen LogP contribution in [0.3, 0.4) is 0 Å². The van der Waals surface area contributed by atoms with Gasteiger partial charge in [0, 0.05) is 31.2 Å². The van der Waals surface area contributed by atoms with E-state index in [-0.39, 0.29) is 5.91 Å². The minimum Gasteiger partial charge on any atom is -0.351 e. The van der Waals surface area contributed by atoms with Crippen LogP contribution in [0.2, 0.25) is 0 Å². The lowest BCUT2D eigenvalue weighted by Gasteiger charge is -2.11. The number of rotatable bonds is 5. The van der Waals surface area contributed by atoms with Gasteiger partial charge in [0.2, 0.25) is 0 Å². The zero-order valence-corrected chi connectivity index (χ0v) is 14.3. The topological polar surface area (TPSA) is 50.2 Å². The number of nitrogens with one attached hydrogen (secondary N) is 1. The normalized spacial score (nSPS) is 14.3. The van der Waals surface area contributed by atoms with Gasteiger partial charge >= 0.3 is 0 Å². The van der Waals surface area contributed by atoms with Crippen molar-refractivity contribution in [3.8, 4) is 0 Å². The highest BCUT2D eigenvalue weighted by Crippen LogP contribution is 2.41. The summed E-state index contributed by atoms with van der Waals surface area (Å²) in [5, 5.41) is 2.93. The van der Waals surface area contributed by atoms with E-state index in [0.29, 0.717) is 11.7 Å². The predicted octanol–water partition coefficient (Wildman–Crippen LogP) is 2.92. The summed E-state index contributed by atoms with van der Waals surface area (Å²) in [7, 11) is 6.08. The van der Waals surface area contributed by atoms with Crippen LogP contribution in [0.5, 0.6) is 0 Å². The van der Waals surface area contributed by atoms with Gasteiger partial charge in [0.25, 0.3) is 5.91 Å². The maximum atomic E-state index is 12.6. The summed E-state index contributed by atoms with van der Waals surface area (Å²) in [5.74, 6) is 1.15. The van der Waals surface area contributed by atoms with Gasteiger partial charge in [-0.1, -0.05) is 0 Å². The molecule has 0 atom stereocenters. The first-order chi connectivity index (χ1) is 11.0. The Labute approximate surface area is 137 Å². The van der Waals surface area contributed by atoms with Crippen LogP contribution in [0.25, 0.3) is 0 Å². The van der Waals surface area contributed by atoms with E-state index in [0.717, 1.165) is 23.4 Å². The molecule has 122 valence electrons. The third-order valence-corrected chi connectivity index (χ3v) is 4.38. The van der Waals surface area contributed by atoms with Crippen molar-refractivity contribution in [3.63, 3.8) is 0 Å². The summed E-state index contributed by atoms with van der Waals surface area (Å²) < 4.78 is 2.14. The standard InChI is InChI=1S/C18H24N4O/c1-12-15(10-16(22(12)4)14-5-6-14)18(23)20-17-9-13(7-8-19-17)11-21(2)3/h7-10,14H,5-6,11H2,1-4H3,(H,19,20,23). The fourth-order valence-electron chi connectivity index (χ4n) is 2.91. The van der Waals surface area contributed by atoms with Crippen molar-refractivity contribution in [1.82, 2.24) is 14.5 Å². The van der Waals surface area contributed by atoms with Crippen molar-refractivity contribution in [2.45, 2.75) is 32.2 Å². The van der Waals surface area contributed by atoms with Crippen molar-refractivity contribution < 1.29 is 4.79 Å². The lowest BCUT2D eigenvalue weighted by molar-refractivity contribution is 0.102. The lowest BCUT2D eigenvalue weighted by atomic mass is 10.2. The van der Waals surface area contributed by atoms with Crippen molar-refractivity contribution in [2.24, 2.45) is 7.05 Å². The molecule has 5 nitrogen and oxygen atoms in total. The Bertz CT molecular complexity index is 729. The van der Waals surface area contributed by atoms with Gasteiger partial charge in [-0.05, 0) is 63.5 Å². The molecule has 2 heterocycles. The van der Waals surface area contributed by atoms with Crippen molar-refractivity contribution in [3.05, 3.63) is 46.9 Å². The summed E-state index contributed by atoms with van der Waals surface area (Å²) in [6, 6.07) is 5.93. The van der Waals surface area contributed by atoms with Crippen LogP contribution in [-0.4, -0.2) is 34.5 Å². The number of hydrogen-bond donors (Lipinski definition) is 1. The Morgan fingerprint density at radius 1 is 1.39 bits per heavy atom. The average molecular weight is 312 g/mol. The van der Waals surface area contributed by atoms with Gasteiger partial charge in [0.05, 0.1) is 5.56 Å². The second kappa shape index (κ2) is 6.16. The Kier molecular flexibility index (Phi) is 4.22. The van der Waals surface area contributed by atoms with Gasteiger partial charge in [0.1, 0.15) is 5.82 Å². The molecule has 1 fully saturated rings. The van der Waals surface area contributed by atoms with Crippen LogP contribution in [0.15, 0.2) is 24.4 Å². The van der Waals surface area contributed by atoms with E-state index in [9.17, 15) is 4.79 Å². The largest absolute Gasteiger partial charge is 0.351 e. The third-order valence-electron chi connectivity index (χ3n) is 4.38. The van der Waals surface area contributed by atoms with Gasteiger partial charge < -0.3 is 14.8 Å². The minimum atomic E-state index is -0.0838. The van der Waals surface area contributed by atoms with Gasteiger partial charge in [-0.3, -0.25) is 4.79 Å². The van der Waals surface area contributed by atoms with Gasteiger partial charge in [-0.2, -0.15) is 0 Å². The monoisotopic (exact) mass is 312 g/mol. The Balaban J connectivity index is 1.78. The van der Waals surface area contributed by atoms with Crippen LogP contribution >= 0.6 is 0 Å². The molecule has 1 amide bonds. The zero-order chi connectivity index (χ0) is 16.6. The van der Waals surface area contributed by atoms with Crippen LogP contribution in [0.1, 0.15) is 46.1 Å². The van der Waals surface area contributed by atoms with Crippen LogP contribution in [0, 0.1) is 6.92 Å². The fourth-order valence-corrected chi connectivity index (χ4v) is 2.91. The number of amides is 1. The van der Waals surface area contributed by atoms with Crippen LogP contribution < -0.4 is 5.32 Å². The van der Waals surface area contributed by atoms with Gasteiger partial charge in [-0.25, -0.2) is 4.98 Å². The molecule has 0 spiro atoms. The minimum absolute atomic E-state index is 0.0838. The van der Waals surface area contributed by atoms with E-state index < -0.39 is 0 Å². The Morgan fingerprint density at radius 3 is 2.78 bits per heavy atom. The molecule has 0 radical (unpaired) electrons. The maximum absolute atomic E-state index is 12.6. The molecule has 2 aromatic rings. The summed E-state index contributed by atoms with van der Waals surface area (Å²) in [6.07, 6.45) is 4.20. The summed E-state index contributed by atoms with van der Waals surface area (Å²) >= 11 is 0. The molecular formula is C18H24N4O. The molecule has 23 heavy (non-hydrogen) atoms. The number of nitrogens with zero attached hydrogens (tertiary/aromatic N) is 3. The van der Waals surface area contributed by atoms with Crippen molar-refractivity contribution in [2.75, 3.05) is 19.4 Å². The highest BCUT2D eigenvalue weighted by atomic mass is 16.1. The van der Waals surface area contributed by atoms with Crippen molar-refractivity contribution >= 4 is 11.7 Å². The number of carbonyl (C=O) groups excluding carboxylic acids is 1. The first-order valence-corrected chi connectivity index (χ1v) is 8.03. The molecule has 1 aliphatic rings. The molecule has 0 saturated heterocycles. The van der Waals surface area contributed by atoms with Gasteiger partial charge in [0.15, 0.2) is 0 Å². The first-order valence-electron chi connectivity index (χ1n) is 8.03. The summed E-state index contributed by atoms with van der Waals surface area (Å²) in [5.41, 5.74) is 4.15. The predicted molar refractivity (Wildman–Crippen MR) is 91.7 cm³/mol. The fraction of sp³-hybridized carbons (Fsp3) is 0.444. The van der Waals surface area contributed by atoms with E-state index in [1.54, 1.807) is 6.20 Å². The first kappa shape index (κ1) is 15.7. The number of aromatic nitrogens is 2. The van der Waals surface area contributed by atoms with E-state index >= 15 is 0 Å². The molecule has 3 rings (SSSR count). The SMILES string of the molecule is Cc1c(C(=O)Nc2cc(CN(C)C)ccn2)cc(C2CC2)n1C. The Morgan fingerprint density at radius 2 is 2.13 bits per heavy atom.